The second-order valence-electron chi connectivity index (χ2n) is 4.61. The van der Waals surface area contributed by atoms with Crippen LogP contribution in [-0.4, -0.2) is 36.9 Å². The van der Waals surface area contributed by atoms with Crippen molar-refractivity contribution in [1.82, 2.24) is 10.6 Å². The van der Waals surface area contributed by atoms with E-state index in [1.807, 2.05) is 7.05 Å². The monoisotopic (exact) mass is 229 g/mol. The van der Waals surface area contributed by atoms with Crippen molar-refractivity contribution in [2.24, 2.45) is 11.7 Å². The number of hydrogen-bond donors (Lipinski definition) is 4. The van der Waals surface area contributed by atoms with E-state index in [2.05, 4.69) is 10.6 Å². The first-order chi connectivity index (χ1) is 7.63. The number of rotatable bonds is 5. The van der Waals surface area contributed by atoms with Crippen molar-refractivity contribution < 1.29 is 9.90 Å². The van der Waals surface area contributed by atoms with Crippen LogP contribution in [0.4, 0.5) is 4.79 Å². The maximum absolute atomic E-state index is 10.8. The molecule has 0 aliphatic heterocycles. The summed E-state index contributed by atoms with van der Waals surface area (Å²) >= 11 is 0. The fraction of sp³-hybridized carbons (Fsp3) is 0.909. The Bertz CT molecular complexity index is 223. The van der Waals surface area contributed by atoms with Crippen molar-refractivity contribution >= 4 is 6.03 Å². The van der Waals surface area contributed by atoms with Gasteiger partial charge in [-0.15, -0.1) is 0 Å². The van der Waals surface area contributed by atoms with E-state index in [1.54, 1.807) is 0 Å². The molecule has 0 radical (unpaired) electrons. The first kappa shape index (κ1) is 13.3. The summed E-state index contributed by atoms with van der Waals surface area (Å²) in [7, 11) is 1.84. The minimum Gasteiger partial charge on any atom is -0.393 e. The molecule has 1 aliphatic rings. The minimum absolute atomic E-state index is 0.0141. The van der Waals surface area contributed by atoms with Gasteiger partial charge in [0.2, 0.25) is 0 Å². The normalized spacial score (nSPS) is 27.4. The number of aliphatic hydroxyl groups excluding tert-OH is 1. The van der Waals surface area contributed by atoms with Gasteiger partial charge >= 0.3 is 6.03 Å². The van der Waals surface area contributed by atoms with Crippen LogP contribution in [0.2, 0.25) is 0 Å². The Morgan fingerprint density at radius 2 is 2.19 bits per heavy atom. The lowest BCUT2D eigenvalue weighted by atomic mass is 9.82. The van der Waals surface area contributed by atoms with Crippen molar-refractivity contribution in [3.63, 3.8) is 0 Å². The van der Waals surface area contributed by atoms with Crippen molar-refractivity contribution in [1.29, 1.82) is 0 Å². The zero-order valence-electron chi connectivity index (χ0n) is 9.91. The van der Waals surface area contributed by atoms with Crippen LogP contribution in [0.1, 0.15) is 32.1 Å². The number of likely N-dealkylation sites (N-methyl/N-ethyl adjacent to an activating group) is 1. The van der Waals surface area contributed by atoms with Crippen LogP contribution in [0.5, 0.6) is 0 Å². The third-order valence-electron chi connectivity index (χ3n) is 3.25. The molecule has 5 nitrogen and oxygen atoms in total. The second-order valence-corrected chi connectivity index (χ2v) is 4.61. The number of hydrogen-bond acceptors (Lipinski definition) is 3. The van der Waals surface area contributed by atoms with Crippen LogP contribution >= 0.6 is 0 Å². The van der Waals surface area contributed by atoms with Gasteiger partial charge in [0.25, 0.3) is 0 Å². The SMILES string of the molecule is CNC[C@H](C[C@H]1CCCCC1O)NC(N)=O. The molecule has 1 fully saturated rings. The molecule has 1 aliphatic carbocycles. The number of amides is 2. The van der Waals surface area contributed by atoms with Gasteiger partial charge in [-0.1, -0.05) is 12.8 Å². The molecule has 2 amide bonds. The summed E-state index contributed by atoms with van der Waals surface area (Å²) in [4.78, 5) is 10.8. The van der Waals surface area contributed by atoms with E-state index in [1.165, 1.54) is 6.42 Å². The zero-order valence-corrected chi connectivity index (χ0v) is 9.91. The lowest BCUT2D eigenvalue weighted by molar-refractivity contribution is 0.0601. The van der Waals surface area contributed by atoms with E-state index in [0.29, 0.717) is 12.5 Å². The Balaban J connectivity index is 2.42. The van der Waals surface area contributed by atoms with E-state index in [0.717, 1.165) is 25.7 Å². The largest absolute Gasteiger partial charge is 0.393 e. The summed E-state index contributed by atoms with van der Waals surface area (Å²) in [5.41, 5.74) is 5.12. The van der Waals surface area contributed by atoms with E-state index < -0.39 is 6.03 Å². The number of aliphatic hydroxyl groups is 1. The van der Waals surface area contributed by atoms with Crippen molar-refractivity contribution in [3.8, 4) is 0 Å². The highest BCUT2D eigenvalue weighted by molar-refractivity contribution is 5.71. The number of primary amides is 1. The molecule has 5 N–H and O–H groups in total. The molecular weight excluding hydrogens is 206 g/mol. The van der Waals surface area contributed by atoms with E-state index in [4.69, 9.17) is 5.73 Å². The van der Waals surface area contributed by atoms with E-state index in [9.17, 15) is 9.90 Å². The Hall–Kier alpha value is -0.810. The second kappa shape index (κ2) is 6.70. The van der Waals surface area contributed by atoms with Gasteiger partial charge in [-0.25, -0.2) is 4.79 Å². The van der Waals surface area contributed by atoms with E-state index in [-0.39, 0.29) is 12.1 Å². The fourth-order valence-electron chi connectivity index (χ4n) is 2.47. The van der Waals surface area contributed by atoms with Crippen LogP contribution in [0, 0.1) is 5.92 Å². The van der Waals surface area contributed by atoms with E-state index >= 15 is 0 Å². The fourth-order valence-corrected chi connectivity index (χ4v) is 2.47. The molecule has 0 heterocycles. The van der Waals surface area contributed by atoms with Crippen molar-refractivity contribution in [2.75, 3.05) is 13.6 Å². The molecule has 1 rings (SSSR count). The van der Waals surface area contributed by atoms with Crippen LogP contribution in [0.15, 0.2) is 0 Å². The number of nitrogens with two attached hydrogens (primary N) is 1. The lowest BCUT2D eigenvalue weighted by Crippen LogP contribution is -2.46. The first-order valence-electron chi connectivity index (χ1n) is 6.02. The van der Waals surface area contributed by atoms with Gasteiger partial charge in [-0.3, -0.25) is 0 Å². The Morgan fingerprint density at radius 1 is 1.50 bits per heavy atom. The third kappa shape index (κ3) is 4.37. The van der Waals surface area contributed by atoms with Crippen LogP contribution in [-0.2, 0) is 0 Å². The molecular formula is C11H23N3O2. The van der Waals surface area contributed by atoms with Gasteiger partial charge in [0.05, 0.1) is 6.10 Å². The average molecular weight is 229 g/mol. The molecule has 0 saturated heterocycles. The maximum atomic E-state index is 10.8. The Morgan fingerprint density at radius 3 is 2.75 bits per heavy atom. The highest BCUT2D eigenvalue weighted by atomic mass is 16.3. The lowest BCUT2D eigenvalue weighted by Gasteiger charge is -2.30. The topological polar surface area (TPSA) is 87.4 Å². The molecule has 94 valence electrons. The molecule has 0 aromatic carbocycles. The molecule has 0 aromatic rings. The summed E-state index contributed by atoms with van der Waals surface area (Å²) < 4.78 is 0. The van der Waals surface area contributed by atoms with Gasteiger partial charge in [0.1, 0.15) is 0 Å². The van der Waals surface area contributed by atoms with Crippen LogP contribution in [0.25, 0.3) is 0 Å². The summed E-state index contributed by atoms with van der Waals surface area (Å²) in [6, 6.07) is -0.481. The first-order valence-corrected chi connectivity index (χ1v) is 6.02. The van der Waals surface area contributed by atoms with Gasteiger partial charge < -0.3 is 21.5 Å². The summed E-state index contributed by atoms with van der Waals surface area (Å²) in [5.74, 6) is 0.291. The van der Waals surface area contributed by atoms with Crippen LogP contribution < -0.4 is 16.4 Å². The summed E-state index contributed by atoms with van der Waals surface area (Å²) in [6.07, 6.45) is 4.78. The smallest absolute Gasteiger partial charge is 0.312 e. The molecule has 16 heavy (non-hydrogen) atoms. The average Bonchev–Trinajstić information content (AvgIpc) is 2.21. The minimum atomic E-state index is -0.495. The molecule has 0 aromatic heterocycles. The van der Waals surface area contributed by atoms with Crippen LogP contribution in [0.3, 0.4) is 0 Å². The predicted octanol–water partition coefficient (Wildman–Crippen LogP) is 0.184. The van der Waals surface area contributed by atoms with Gasteiger partial charge in [0.15, 0.2) is 0 Å². The molecule has 0 spiro atoms. The van der Waals surface area contributed by atoms with Gasteiger partial charge in [0, 0.05) is 12.6 Å². The van der Waals surface area contributed by atoms with Gasteiger partial charge in [-0.05, 0) is 32.2 Å². The number of carbonyl (C=O) groups is 1. The number of nitrogens with one attached hydrogen (secondary N) is 2. The third-order valence-corrected chi connectivity index (χ3v) is 3.25. The summed E-state index contributed by atoms with van der Waals surface area (Å²) in [6.45, 7) is 0.687. The van der Waals surface area contributed by atoms with Gasteiger partial charge in [-0.2, -0.15) is 0 Å². The Labute approximate surface area is 96.8 Å². The quantitative estimate of drug-likeness (QED) is 0.542. The Kier molecular flexibility index (Phi) is 5.55. The van der Waals surface area contributed by atoms with Crippen molar-refractivity contribution in [2.45, 2.75) is 44.2 Å². The molecule has 1 unspecified atom stereocenters. The number of carbonyl (C=O) groups excluding carboxylic acids is 1. The number of urea groups is 1. The summed E-state index contributed by atoms with van der Waals surface area (Å²) in [5, 5.41) is 15.6. The highest BCUT2D eigenvalue weighted by Gasteiger charge is 2.26. The zero-order chi connectivity index (χ0) is 12.0. The molecule has 5 heteroatoms. The highest BCUT2D eigenvalue weighted by Crippen LogP contribution is 2.27. The van der Waals surface area contributed by atoms with Crippen molar-refractivity contribution in [3.05, 3.63) is 0 Å². The molecule has 1 saturated carbocycles. The standard InChI is InChI=1S/C11H23N3O2/c1-13-7-9(14-11(12)16)6-8-4-2-3-5-10(8)15/h8-10,13,15H,2-7H2,1H3,(H3,12,14,16)/t8-,9+,10?/m1/s1. The molecule has 3 atom stereocenters. The molecule has 0 bridgehead atoms. The predicted molar refractivity (Wildman–Crippen MR) is 63.0 cm³/mol. The maximum Gasteiger partial charge on any atom is 0.312 e.